The predicted octanol–water partition coefficient (Wildman–Crippen LogP) is 3.53. The summed E-state index contributed by atoms with van der Waals surface area (Å²) < 4.78 is 7.39. The SMILES string of the molecule is COc1ccc(N2CCC[C@@H]2c2nnnn2C2CCCCC2)cc1. The topological polar surface area (TPSA) is 56.1 Å². The Hall–Kier alpha value is -2.11. The molecule has 128 valence electrons. The van der Waals surface area contributed by atoms with E-state index in [4.69, 9.17) is 4.74 Å². The van der Waals surface area contributed by atoms with Gasteiger partial charge < -0.3 is 9.64 Å². The lowest BCUT2D eigenvalue weighted by atomic mass is 9.95. The van der Waals surface area contributed by atoms with Gasteiger partial charge in [0.1, 0.15) is 5.75 Å². The van der Waals surface area contributed by atoms with Crippen LogP contribution in [-0.4, -0.2) is 33.9 Å². The molecule has 0 radical (unpaired) electrons. The van der Waals surface area contributed by atoms with Gasteiger partial charge in [-0.15, -0.1) is 5.10 Å². The molecule has 0 N–H and O–H groups in total. The van der Waals surface area contributed by atoms with Gasteiger partial charge in [-0.2, -0.15) is 0 Å². The zero-order valence-electron chi connectivity index (χ0n) is 14.3. The fourth-order valence-electron chi connectivity index (χ4n) is 4.12. The van der Waals surface area contributed by atoms with Crippen LogP contribution < -0.4 is 9.64 Å². The van der Waals surface area contributed by atoms with Crippen LogP contribution in [0.4, 0.5) is 5.69 Å². The smallest absolute Gasteiger partial charge is 0.174 e. The van der Waals surface area contributed by atoms with Gasteiger partial charge in [-0.3, -0.25) is 0 Å². The summed E-state index contributed by atoms with van der Waals surface area (Å²) in [4.78, 5) is 2.43. The zero-order chi connectivity index (χ0) is 16.4. The molecule has 1 aromatic carbocycles. The van der Waals surface area contributed by atoms with E-state index in [-0.39, 0.29) is 6.04 Å². The van der Waals surface area contributed by atoms with E-state index in [0.717, 1.165) is 24.5 Å². The minimum atomic E-state index is 0.273. The maximum Gasteiger partial charge on any atom is 0.174 e. The van der Waals surface area contributed by atoms with Crippen molar-refractivity contribution < 1.29 is 4.74 Å². The fourth-order valence-corrected chi connectivity index (χ4v) is 4.12. The van der Waals surface area contributed by atoms with Crippen molar-refractivity contribution in [1.29, 1.82) is 0 Å². The van der Waals surface area contributed by atoms with Crippen LogP contribution in [0.1, 0.15) is 62.9 Å². The molecule has 1 aliphatic heterocycles. The molecule has 1 atom stereocenters. The summed E-state index contributed by atoms with van der Waals surface area (Å²) in [5.41, 5.74) is 1.22. The van der Waals surface area contributed by atoms with Crippen molar-refractivity contribution in [3.63, 3.8) is 0 Å². The molecule has 0 amide bonds. The summed E-state index contributed by atoms with van der Waals surface area (Å²) >= 11 is 0. The molecular formula is C18H25N5O. The number of anilines is 1. The van der Waals surface area contributed by atoms with Gasteiger partial charge in [-0.1, -0.05) is 19.3 Å². The van der Waals surface area contributed by atoms with Crippen molar-refractivity contribution in [1.82, 2.24) is 20.2 Å². The largest absolute Gasteiger partial charge is 0.497 e. The quantitative estimate of drug-likeness (QED) is 0.860. The maximum absolute atomic E-state index is 5.27. The first-order valence-corrected chi connectivity index (χ1v) is 9.05. The molecule has 6 nitrogen and oxygen atoms in total. The van der Waals surface area contributed by atoms with Crippen molar-refractivity contribution in [2.24, 2.45) is 0 Å². The number of nitrogens with zero attached hydrogens (tertiary/aromatic N) is 5. The lowest BCUT2D eigenvalue weighted by Crippen LogP contribution is -2.27. The van der Waals surface area contributed by atoms with Crippen LogP contribution in [0, 0.1) is 0 Å². The summed E-state index contributed by atoms with van der Waals surface area (Å²) in [5.74, 6) is 1.93. The molecule has 1 saturated heterocycles. The first-order valence-electron chi connectivity index (χ1n) is 9.05. The molecule has 1 aliphatic carbocycles. The first kappa shape index (κ1) is 15.4. The number of hydrogen-bond donors (Lipinski definition) is 0. The molecule has 2 fully saturated rings. The van der Waals surface area contributed by atoms with E-state index < -0.39 is 0 Å². The average molecular weight is 327 g/mol. The molecule has 1 aromatic heterocycles. The highest BCUT2D eigenvalue weighted by molar-refractivity contribution is 5.51. The Kier molecular flexibility index (Phi) is 4.36. The lowest BCUT2D eigenvalue weighted by Gasteiger charge is -2.29. The Morgan fingerprint density at radius 2 is 1.79 bits per heavy atom. The Bertz CT molecular complexity index is 662. The van der Waals surface area contributed by atoms with Crippen molar-refractivity contribution >= 4 is 5.69 Å². The molecule has 24 heavy (non-hydrogen) atoms. The summed E-state index contributed by atoms with van der Waals surface area (Å²) in [6, 6.07) is 9.05. The molecule has 0 spiro atoms. The number of hydrogen-bond acceptors (Lipinski definition) is 5. The van der Waals surface area contributed by atoms with Crippen molar-refractivity contribution in [2.45, 2.75) is 57.0 Å². The van der Waals surface area contributed by atoms with E-state index in [0.29, 0.717) is 6.04 Å². The van der Waals surface area contributed by atoms with Crippen molar-refractivity contribution in [3.8, 4) is 5.75 Å². The average Bonchev–Trinajstić information content (AvgIpc) is 3.31. The van der Waals surface area contributed by atoms with E-state index in [2.05, 4.69) is 37.2 Å². The van der Waals surface area contributed by atoms with Crippen LogP contribution in [0.25, 0.3) is 0 Å². The number of benzene rings is 1. The third-order valence-electron chi connectivity index (χ3n) is 5.39. The molecule has 0 unspecified atom stereocenters. The number of aromatic nitrogens is 4. The number of tetrazole rings is 1. The number of methoxy groups -OCH3 is 1. The second kappa shape index (κ2) is 6.79. The van der Waals surface area contributed by atoms with Crippen molar-refractivity contribution in [2.75, 3.05) is 18.6 Å². The molecule has 2 aliphatic rings. The van der Waals surface area contributed by atoms with E-state index in [1.807, 2.05) is 12.1 Å². The Morgan fingerprint density at radius 1 is 1.00 bits per heavy atom. The fraction of sp³-hybridized carbons (Fsp3) is 0.611. The van der Waals surface area contributed by atoms with Gasteiger partial charge >= 0.3 is 0 Å². The minimum Gasteiger partial charge on any atom is -0.497 e. The number of rotatable bonds is 4. The lowest BCUT2D eigenvalue weighted by molar-refractivity contribution is 0.312. The molecule has 1 saturated carbocycles. The second-order valence-electron chi connectivity index (χ2n) is 6.82. The van der Waals surface area contributed by atoms with Gasteiger partial charge in [0.05, 0.1) is 19.2 Å². The van der Waals surface area contributed by atoms with Gasteiger partial charge in [0.2, 0.25) is 0 Å². The van der Waals surface area contributed by atoms with Crippen LogP contribution in [0.2, 0.25) is 0 Å². The normalized spacial score (nSPS) is 22.0. The molecular weight excluding hydrogens is 302 g/mol. The van der Waals surface area contributed by atoms with Gasteiger partial charge in [-0.25, -0.2) is 4.68 Å². The van der Waals surface area contributed by atoms with Crippen LogP contribution in [0.3, 0.4) is 0 Å². The van der Waals surface area contributed by atoms with Crippen LogP contribution >= 0.6 is 0 Å². The van der Waals surface area contributed by atoms with Gasteiger partial charge in [0, 0.05) is 12.2 Å². The molecule has 6 heteroatoms. The zero-order valence-corrected chi connectivity index (χ0v) is 14.3. The highest BCUT2D eigenvalue weighted by Gasteiger charge is 2.32. The molecule has 0 bridgehead atoms. The van der Waals surface area contributed by atoms with E-state index in [1.165, 1.54) is 44.2 Å². The summed E-state index contributed by atoms with van der Waals surface area (Å²) in [6.07, 6.45) is 8.61. The van der Waals surface area contributed by atoms with Gasteiger partial charge in [0.25, 0.3) is 0 Å². The third kappa shape index (κ3) is 2.85. The highest BCUT2D eigenvalue weighted by Crippen LogP contribution is 2.37. The van der Waals surface area contributed by atoms with Crippen molar-refractivity contribution in [3.05, 3.63) is 30.1 Å². The minimum absolute atomic E-state index is 0.273. The van der Waals surface area contributed by atoms with E-state index in [1.54, 1.807) is 7.11 Å². The van der Waals surface area contributed by atoms with Crippen LogP contribution in [0.15, 0.2) is 24.3 Å². The Labute approximate surface area is 142 Å². The Morgan fingerprint density at radius 3 is 2.54 bits per heavy atom. The molecule has 2 heterocycles. The van der Waals surface area contributed by atoms with Crippen LogP contribution in [0.5, 0.6) is 5.75 Å². The summed E-state index contributed by atoms with van der Waals surface area (Å²) in [6.45, 7) is 1.05. The summed E-state index contributed by atoms with van der Waals surface area (Å²) in [7, 11) is 1.70. The standard InChI is InChI=1S/C18H25N5O/c1-24-16-11-9-14(10-12-16)22-13-5-8-17(22)18-19-20-21-23(18)15-6-3-2-4-7-15/h9-12,15,17H,2-8,13H2,1H3/t17-/m1/s1. The molecule has 4 rings (SSSR count). The third-order valence-corrected chi connectivity index (χ3v) is 5.39. The first-order chi connectivity index (χ1) is 11.9. The summed E-state index contributed by atoms with van der Waals surface area (Å²) in [5, 5.41) is 12.8. The van der Waals surface area contributed by atoms with E-state index >= 15 is 0 Å². The second-order valence-corrected chi connectivity index (χ2v) is 6.82. The predicted molar refractivity (Wildman–Crippen MR) is 92.3 cm³/mol. The van der Waals surface area contributed by atoms with Gasteiger partial charge in [0.15, 0.2) is 5.82 Å². The highest BCUT2D eigenvalue weighted by atomic mass is 16.5. The molecule has 2 aromatic rings. The van der Waals surface area contributed by atoms with Gasteiger partial charge in [-0.05, 0) is 60.4 Å². The number of ether oxygens (including phenoxy) is 1. The van der Waals surface area contributed by atoms with E-state index in [9.17, 15) is 0 Å². The monoisotopic (exact) mass is 327 g/mol. The Balaban J connectivity index is 1.59. The van der Waals surface area contributed by atoms with Crippen LogP contribution in [-0.2, 0) is 0 Å². The maximum atomic E-state index is 5.27.